The van der Waals surface area contributed by atoms with Crippen molar-refractivity contribution in [2.24, 2.45) is 0 Å². The van der Waals surface area contributed by atoms with E-state index >= 15 is 0 Å². The summed E-state index contributed by atoms with van der Waals surface area (Å²) in [5.74, 6) is -0.829. The summed E-state index contributed by atoms with van der Waals surface area (Å²) in [7, 11) is 0. The van der Waals surface area contributed by atoms with Crippen molar-refractivity contribution in [3.63, 3.8) is 0 Å². The molecule has 0 aliphatic heterocycles. The van der Waals surface area contributed by atoms with Gasteiger partial charge >= 0.3 is 12.1 Å². The molecule has 0 aromatic heterocycles. The van der Waals surface area contributed by atoms with Crippen LogP contribution in [0.3, 0.4) is 0 Å². The molecule has 0 aliphatic carbocycles. The second kappa shape index (κ2) is 6.21. The van der Waals surface area contributed by atoms with Gasteiger partial charge < -0.3 is 15.3 Å². The van der Waals surface area contributed by atoms with E-state index in [1.54, 1.807) is 20.8 Å². The fraction of sp³-hybridized carbons (Fsp3) is 0.429. The van der Waals surface area contributed by atoms with E-state index in [0.717, 1.165) is 5.57 Å². The fourth-order valence-electron chi connectivity index (χ4n) is 0.214. The molecule has 0 bridgehead atoms. The fourth-order valence-corrected chi connectivity index (χ4v) is 0.214. The third-order valence-electron chi connectivity index (χ3n) is 1.07. The highest BCUT2D eigenvalue weighted by molar-refractivity contribution is 5.86. The quantitative estimate of drug-likeness (QED) is 0.528. The minimum atomic E-state index is -1.83. The first-order valence-corrected chi connectivity index (χ1v) is 3.08. The van der Waals surface area contributed by atoms with E-state index in [4.69, 9.17) is 20.1 Å². The van der Waals surface area contributed by atoms with Crippen molar-refractivity contribution >= 4 is 12.1 Å². The molecule has 12 heavy (non-hydrogen) atoms. The number of allylic oxidation sites excluding steroid dienone is 1. The number of aliphatic carboxylic acids is 1. The average Bonchev–Trinajstić information content (AvgIpc) is 1.84. The molecule has 0 amide bonds. The molecule has 0 radical (unpaired) electrons. The van der Waals surface area contributed by atoms with Gasteiger partial charge in [0, 0.05) is 5.57 Å². The van der Waals surface area contributed by atoms with E-state index in [9.17, 15) is 4.79 Å². The molecule has 0 saturated heterocycles. The molecule has 5 heteroatoms. The number of carboxylic acid groups (broad SMARTS) is 3. The van der Waals surface area contributed by atoms with Gasteiger partial charge in [-0.1, -0.05) is 5.57 Å². The normalized spacial score (nSPS) is 7.58. The number of rotatable bonds is 1. The van der Waals surface area contributed by atoms with Crippen LogP contribution in [0.25, 0.3) is 0 Å². The van der Waals surface area contributed by atoms with Gasteiger partial charge in [-0.3, -0.25) is 0 Å². The predicted octanol–water partition coefficient (Wildman–Crippen LogP) is 1.65. The summed E-state index contributed by atoms with van der Waals surface area (Å²) in [6, 6.07) is 0. The highest BCUT2D eigenvalue weighted by Gasteiger charge is 1.98. The molecule has 0 unspecified atom stereocenters. The number of carboxylic acids is 1. The second-order valence-corrected chi connectivity index (χ2v) is 2.21. The first-order valence-electron chi connectivity index (χ1n) is 3.08. The van der Waals surface area contributed by atoms with E-state index in [2.05, 4.69) is 0 Å². The van der Waals surface area contributed by atoms with Gasteiger partial charge in [0.25, 0.3) is 0 Å². The number of hydrogen-bond acceptors (Lipinski definition) is 2. The number of carbonyl (C=O) groups is 2. The molecule has 70 valence electrons. The van der Waals surface area contributed by atoms with Gasteiger partial charge in [-0.15, -0.1) is 0 Å². The van der Waals surface area contributed by atoms with Crippen molar-refractivity contribution in [1.29, 1.82) is 0 Å². The molecule has 0 aromatic carbocycles. The first kappa shape index (κ1) is 13.1. The largest absolute Gasteiger partial charge is 0.503 e. The van der Waals surface area contributed by atoms with Gasteiger partial charge in [0.05, 0.1) is 0 Å². The zero-order valence-corrected chi connectivity index (χ0v) is 7.16. The van der Waals surface area contributed by atoms with E-state index in [1.807, 2.05) is 0 Å². The maximum Gasteiger partial charge on any atom is 0.503 e. The van der Waals surface area contributed by atoms with Gasteiger partial charge in [-0.05, 0) is 20.8 Å². The molecule has 0 heterocycles. The smallest absolute Gasteiger partial charge is 0.478 e. The summed E-state index contributed by atoms with van der Waals surface area (Å²) < 4.78 is 0. The zero-order valence-electron chi connectivity index (χ0n) is 7.16. The van der Waals surface area contributed by atoms with E-state index in [1.165, 1.54) is 0 Å². The van der Waals surface area contributed by atoms with Crippen LogP contribution in [0.2, 0.25) is 0 Å². The molecular formula is C7H12O5. The lowest BCUT2D eigenvalue weighted by Gasteiger charge is -1.92. The van der Waals surface area contributed by atoms with E-state index < -0.39 is 12.1 Å². The van der Waals surface area contributed by atoms with E-state index in [0.29, 0.717) is 5.57 Å². The molecule has 0 aromatic rings. The second-order valence-electron chi connectivity index (χ2n) is 2.21. The van der Waals surface area contributed by atoms with Crippen LogP contribution < -0.4 is 0 Å². The lowest BCUT2D eigenvalue weighted by Crippen LogP contribution is -1.97. The van der Waals surface area contributed by atoms with Crippen molar-refractivity contribution < 1.29 is 24.9 Å². The number of hydrogen-bond donors (Lipinski definition) is 3. The van der Waals surface area contributed by atoms with Gasteiger partial charge in [-0.2, -0.15) is 0 Å². The summed E-state index contributed by atoms with van der Waals surface area (Å²) >= 11 is 0. The van der Waals surface area contributed by atoms with Crippen LogP contribution in [0.5, 0.6) is 0 Å². The lowest BCUT2D eigenvalue weighted by atomic mass is 10.2. The molecule has 0 aliphatic rings. The molecule has 0 spiro atoms. The molecule has 0 rings (SSSR count). The zero-order chi connectivity index (χ0) is 10.3. The summed E-state index contributed by atoms with van der Waals surface area (Å²) in [6.45, 7) is 5.16. The standard InChI is InChI=1S/C6H10O2.CH2O3/c1-4(2)5(3)6(7)8;2-1(3)4/h1-3H3,(H,7,8);(H2,2,3,4). The highest BCUT2D eigenvalue weighted by Crippen LogP contribution is 1.99. The van der Waals surface area contributed by atoms with Crippen molar-refractivity contribution in [1.82, 2.24) is 0 Å². The monoisotopic (exact) mass is 176 g/mol. The van der Waals surface area contributed by atoms with Gasteiger partial charge in [0.2, 0.25) is 0 Å². The average molecular weight is 176 g/mol. The van der Waals surface area contributed by atoms with Crippen molar-refractivity contribution in [2.45, 2.75) is 20.8 Å². The first-order chi connectivity index (χ1) is 5.29. The third-order valence-corrected chi connectivity index (χ3v) is 1.07. The molecule has 0 fully saturated rings. The molecule has 0 atom stereocenters. The highest BCUT2D eigenvalue weighted by atomic mass is 16.6. The van der Waals surface area contributed by atoms with Gasteiger partial charge in [0.15, 0.2) is 0 Å². The Kier molecular flexibility index (Phi) is 6.77. The van der Waals surface area contributed by atoms with Crippen LogP contribution in [0.4, 0.5) is 4.79 Å². The van der Waals surface area contributed by atoms with E-state index in [-0.39, 0.29) is 0 Å². The van der Waals surface area contributed by atoms with Gasteiger partial charge in [0.1, 0.15) is 0 Å². The maximum atomic E-state index is 10.1. The van der Waals surface area contributed by atoms with Crippen LogP contribution in [0.15, 0.2) is 11.1 Å². The van der Waals surface area contributed by atoms with Crippen LogP contribution in [0, 0.1) is 0 Å². The van der Waals surface area contributed by atoms with Crippen LogP contribution in [0.1, 0.15) is 20.8 Å². The minimum Gasteiger partial charge on any atom is -0.478 e. The maximum absolute atomic E-state index is 10.1. The van der Waals surface area contributed by atoms with Crippen molar-refractivity contribution in [3.05, 3.63) is 11.1 Å². The van der Waals surface area contributed by atoms with Gasteiger partial charge in [-0.25, -0.2) is 9.59 Å². The Balaban J connectivity index is 0. The molecular weight excluding hydrogens is 164 g/mol. The topological polar surface area (TPSA) is 94.8 Å². The van der Waals surface area contributed by atoms with Crippen LogP contribution in [-0.4, -0.2) is 27.4 Å². The molecule has 3 N–H and O–H groups in total. The Labute approximate surface area is 70.0 Å². The van der Waals surface area contributed by atoms with Crippen molar-refractivity contribution in [3.8, 4) is 0 Å². The summed E-state index contributed by atoms with van der Waals surface area (Å²) in [6.07, 6.45) is -1.83. The Morgan fingerprint density at radius 1 is 0.917 bits per heavy atom. The van der Waals surface area contributed by atoms with Crippen molar-refractivity contribution in [2.75, 3.05) is 0 Å². The Morgan fingerprint density at radius 3 is 1.17 bits per heavy atom. The predicted molar refractivity (Wildman–Crippen MR) is 42.3 cm³/mol. The summed E-state index contributed by atoms with van der Waals surface area (Å²) in [4.78, 5) is 18.6. The lowest BCUT2D eigenvalue weighted by molar-refractivity contribution is -0.132. The molecule has 5 nitrogen and oxygen atoms in total. The van der Waals surface area contributed by atoms with Crippen LogP contribution >= 0.6 is 0 Å². The Bertz CT molecular complexity index is 196. The SMILES string of the molecule is CC(C)=C(C)C(=O)O.O=C(O)O. The Hall–Kier alpha value is -1.52. The Morgan fingerprint density at radius 2 is 1.17 bits per heavy atom. The summed E-state index contributed by atoms with van der Waals surface area (Å²) in [5.41, 5.74) is 1.29. The van der Waals surface area contributed by atoms with Crippen LogP contribution in [-0.2, 0) is 4.79 Å². The molecule has 0 saturated carbocycles. The minimum absolute atomic E-state index is 0.435. The summed E-state index contributed by atoms with van der Waals surface area (Å²) in [5, 5.41) is 22.2. The third kappa shape index (κ3) is 11.3.